The summed E-state index contributed by atoms with van der Waals surface area (Å²) in [6, 6.07) is 8.45. The molecular weight excluding hydrogens is 266 g/mol. The van der Waals surface area contributed by atoms with Crippen molar-refractivity contribution in [2.45, 2.75) is 13.5 Å². The molecule has 0 saturated carbocycles. The molecule has 2 rings (SSSR count). The summed E-state index contributed by atoms with van der Waals surface area (Å²) in [5, 5.41) is 3.06. The van der Waals surface area contributed by atoms with E-state index >= 15 is 0 Å². The van der Waals surface area contributed by atoms with Crippen LogP contribution in [0.3, 0.4) is 0 Å². The molecule has 0 radical (unpaired) electrons. The molecule has 1 saturated heterocycles. The maximum Gasteiger partial charge on any atom is 0.236 e. The fourth-order valence-corrected chi connectivity index (χ4v) is 2.36. The normalized spacial score (nSPS) is 15.0. The molecule has 1 fully saturated rings. The van der Waals surface area contributed by atoms with Crippen LogP contribution in [-0.4, -0.2) is 57.2 Å². The average molecular weight is 291 g/mol. The van der Waals surface area contributed by atoms with Gasteiger partial charge in [-0.15, -0.1) is 0 Å². The molecule has 0 atom stereocenters. The average Bonchev–Trinajstić information content (AvgIpc) is 2.54. The maximum absolute atomic E-state index is 11.9. The van der Waals surface area contributed by atoms with E-state index in [0.717, 1.165) is 38.4 Å². The summed E-state index contributed by atoms with van der Waals surface area (Å²) in [7, 11) is 1.84. The van der Waals surface area contributed by atoms with E-state index in [0.29, 0.717) is 13.1 Å². The van der Waals surface area contributed by atoms with Gasteiger partial charge >= 0.3 is 0 Å². The number of nitrogens with one attached hydrogen (secondary N) is 1. The lowest BCUT2D eigenvalue weighted by atomic mass is 10.1. The van der Waals surface area contributed by atoms with Crippen molar-refractivity contribution >= 4 is 11.6 Å². The van der Waals surface area contributed by atoms with Crippen LogP contribution >= 0.6 is 0 Å². The third-order valence-electron chi connectivity index (χ3n) is 3.68. The molecule has 1 aromatic rings. The Morgan fingerprint density at radius 1 is 1.29 bits per heavy atom. The molecule has 0 bridgehead atoms. The van der Waals surface area contributed by atoms with E-state index in [1.807, 2.05) is 14.0 Å². The lowest BCUT2D eigenvalue weighted by Crippen LogP contribution is -2.36. The van der Waals surface area contributed by atoms with Crippen molar-refractivity contribution < 1.29 is 9.53 Å². The van der Waals surface area contributed by atoms with Gasteiger partial charge in [-0.05, 0) is 24.2 Å². The highest BCUT2D eigenvalue weighted by Gasteiger charge is 2.12. The van der Waals surface area contributed by atoms with E-state index in [-0.39, 0.29) is 5.91 Å². The minimum atomic E-state index is 0.120. The molecule has 0 aromatic heterocycles. The van der Waals surface area contributed by atoms with E-state index < -0.39 is 0 Å². The van der Waals surface area contributed by atoms with Crippen LogP contribution in [0.4, 0.5) is 5.69 Å². The Morgan fingerprint density at radius 3 is 2.57 bits per heavy atom. The SMILES string of the molecule is CCNCC(=O)N(C)Cc1ccc(N2CCOCC2)cc1. The Kier molecular flexibility index (Phi) is 6.02. The van der Waals surface area contributed by atoms with Crippen LogP contribution in [0.15, 0.2) is 24.3 Å². The number of anilines is 1. The van der Waals surface area contributed by atoms with Gasteiger partial charge in [-0.3, -0.25) is 4.79 Å². The van der Waals surface area contributed by atoms with E-state index in [1.54, 1.807) is 4.90 Å². The molecule has 1 heterocycles. The van der Waals surface area contributed by atoms with Gasteiger partial charge < -0.3 is 19.9 Å². The first-order valence-corrected chi connectivity index (χ1v) is 7.57. The van der Waals surface area contributed by atoms with Crippen molar-refractivity contribution in [1.29, 1.82) is 0 Å². The number of carbonyl (C=O) groups excluding carboxylic acids is 1. The third kappa shape index (κ3) is 4.72. The van der Waals surface area contributed by atoms with Gasteiger partial charge in [-0.1, -0.05) is 19.1 Å². The Hall–Kier alpha value is -1.59. The van der Waals surface area contributed by atoms with Crippen LogP contribution < -0.4 is 10.2 Å². The number of likely N-dealkylation sites (N-methyl/N-ethyl adjacent to an activating group) is 2. The highest BCUT2D eigenvalue weighted by Crippen LogP contribution is 2.17. The van der Waals surface area contributed by atoms with Gasteiger partial charge in [-0.2, -0.15) is 0 Å². The first-order chi connectivity index (χ1) is 10.2. The number of amides is 1. The zero-order valence-corrected chi connectivity index (χ0v) is 13.0. The molecule has 21 heavy (non-hydrogen) atoms. The standard InChI is InChI=1S/C16H25N3O2/c1-3-17-12-16(20)18(2)13-14-4-6-15(7-5-14)19-8-10-21-11-9-19/h4-7,17H,3,8-13H2,1-2H3. The van der Waals surface area contributed by atoms with E-state index in [4.69, 9.17) is 4.74 Å². The fourth-order valence-electron chi connectivity index (χ4n) is 2.36. The van der Waals surface area contributed by atoms with Gasteiger partial charge in [0.2, 0.25) is 5.91 Å². The predicted molar refractivity (Wildman–Crippen MR) is 84.5 cm³/mol. The molecule has 0 aliphatic carbocycles. The zero-order valence-electron chi connectivity index (χ0n) is 13.0. The van der Waals surface area contributed by atoms with Crippen molar-refractivity contribution in [3.05, 3.63) is 29.8 Å². The molecule has 0 unspecified atom stereocenters. The second-order valence-electron chi connectivity index (χ2n) is 5.30. The van der Waals surface area contributed by atoms with Crippen LogP contribution in [0.1, 0.15) is 12.5 Å². The van der Waals surface area contributed by atoms with Crippen molar-refractivity contribution in [2.24, 2.45) is 0 Å². The number of hydrogen-bond acceptors (Lipinski definition) is 4. The van der Waals surface area contributed by atoms with Crippen LogP contribution in [0.2, 0.25) is 0 Å². The predicted octanol–water partition coefficient (Wildman–Crippen LogP) is 1.09. The molecule has 116 valence electrons. The number of ether oxygens (including phenoxy) is 1. The van der Waals surface area contributed by atoms with Crippen LogP contribution in [0.25, 0.3) is 0 Å². The van der Waals surface area contributed by atoms with Gasteiger partial charge in [0.15, 0.2) is 0 Å². The summed E-state index contributed by atoms with van der Waals surface area (Å²) in [6.45, 7) is 7.34. The van der Waals surface area contributed by atoms with Gasteiger partial charge in [0, 0.05) is 32.4 Å². The lowest BCUT2D eigenvalue weighted by molar-refractivity contribution is -0.129. The van der Waals surface area contributed by atoms with Crippen LogP contribution in [0, 0.1) is 0 Å². The Balaban J connectivity index is 1.88. The molecule has 1 amide bonds. The molecule has 5 nitrogen and oxygen atoms in total. The summed E-state index contributed by atoms with van der Waals surface area (Å²) in [5.74, 6) is 0.120. The molecule has 0 spiro atoms. The summed E-state index contributed by atoms with van der Waals surface area (Å²) in [6.07, 6.45) is 0. The highest BCUT2D eigenvalue weighted by atomic mass is 16.5. The zero-order chi connectivity index (χ0) is 15.1. The molecule has 1 aliphatic rings. The Labute approximate surface area is 126 Å². The van der Waals surface area contributed by atoms with Gasteiger partial charge in [0.05, 0.1) is 19.8 Å². The first-order valence-electron chi connectivity index (χ1n) is 7.57. The second-order valence-corrected chi connectivity index (χ2v) is 5.30. The third-order valence-corrected chi connectivity index (χ3v) is 3.68. The van der Waals surface area contributed by atoms with Gasteiger partial charge in [0.25, 0.3) is 0 Å². The lowest BCUT2D eigenvalue weighted by Gasteiger charge is -2.29. The van der Waals surface area contributed by atoms with E-state index in [9.17, 15) is 4.79 Å². The van der Waals surface area contributed by atoms with Crippen LogP contribution in [-0.2, 0) is 16.1 Å². The van der Waals surface area contributed by atoms with Crippen molar-refractivity contribution in [3.63, 3.8) is 0 Å². The van der Waals surface area contributed by atoms with Crippen molar-refractivity contribution in [3.8, 4) is 0 Å². The summed E-state index contributed by atoms with van der Waals surface area (Å²) in [4.78, 5) is 15.9. The molecule has 1 N–H and O–H groups in total. The monoisotopic (exact) mass is 291 g/mol. The maximum atomic E-state index is 11.9. The van der Waals surface area contributed by atoms with E-state index in [2.05, 4.69) is 34.5 Å². The quantitative estimate of drug-likeness (QED) is 0.852. The topological polar surface area (TPSA) is 44.8 Å². The fraction of sp³-hybridized carbons (Fsp3) is 0.562. The minimum absolute atomic E-state index is 0.120. The molecule has 5 heteroatoms. The number of benzene rings is 1. The summed E-state index contributed by atoms with van der Waals surface area (Å²) >= 11 is 0. The van der Waals surface area contributed by atoms with Crippen LogP contribution in [0.5, 0.6) is 0 Å². The summed E-state index contributed by atoms with van der Waals surface area (Å²) < 4.78 is 5.36. The summed E-state index contributed by atoms with van der Waals surface area (Å²) in [5.41, 5.74) is 2.38. The number of morpholine rings is 1. The van der Waals surface area contributed by atoms with E-state index in [1.165, 1.54) is 5.69 Å². The highest BCUT2D eigenvalue weighted by molar-refractivity contribution is 5.77. The minimum Gasteiger partial charge on any atom is -0.378 e. The number of rotatable bonds is 6. The first kappa shape index (κ1) is 15.8. The van der Waals surface area contributed by atoms with Crippen molar-refractivity contribution in [1.82, 2.24) is 10.2 Å². The number of nitrogens with zero attached hydrogens (tertiary/aromatic N) is 2. The molecule has 1 aromatic carbocycles. The van der Waals surface area contributed by atoms with Gasteiger partial charge in [0.1, 0.15) is 0 Å². The smallest absolute Gasteiger partial charge is 0.236 e. The molecular formula is C16H25N3O2. The molecule has 1 aliphatic heterocycles. The second kappa shape index (κ2) is 8.00. The largest absolute Gasteiger partial charge is 0.378 e. The number of hydrogen-bond donors (Lipinski definition) is 1. The van der Waals surface area contributed by atoms with Crippen molar-refractivity contribution in [2.75, 3.05) is 51.3 Å². The Morgan fingerprint density at radius 2 is 1.95 bits per heavy atom. The number of carbonyl (C=O) groups is 1. The van der Waals surface area contributed by atoms with Gasteiger partial charge in [-0.25, -0.2) is 0 Å². The Bertz CT molecular complexity index is 441.